The highest BCUT2D eigenvalue weighted by atomic mass is 16.5. The van der Waals surface area contributed by atoms with Crippen LogP contribution in [0.25, 0.3) is 0 Å². The second-order valence-corrected chi connectivity index (χ2v) is 16.4. The van der Waals surface area contributed by atoms with Crippen molar-refractivity contribution < 1.29 is 9.47 Å². The normalized spacial score (nSPS) is 14.2. The van der Waals surface area contributed by atoms with E-state index in [0.717, 1.165) is 67.1 Å². The molecule has 0 saturated heterocycles. The van der Waals surface area contributed by atoms with Gasteiger partial charge in [-0.3, -0.25) is 5.41 Å². The summed E-state index contributed by atoms with van der Waals surface area (Å²) in [5.74, 6) is 2.98. The molecule has 0 radical (unpaired) electrons. The number of rotatable bonds is 7. The number of aliphatic imine (C=N–C) groups is 2. The monoisotopic (exact) mass is 837 g/mol. The largest absolute Gasteiger partial charge is 0.456 e. The number of benzene rings is 9. The predicted octanol–water partition coefficient (Wildman–Crippen LogP) is 13.9. The third-order valence-electron chi connectivity index (χ3n) is 12.9. The molecular weight excluding hydrogens is 795 g/mol. The zero-order chi connectivity index (χ0) is 43.8. The number of fused-ring (bicyclic) bond motifs is 4. The molecule has 5 nitrogen and oxygen atoms in total. The maximum atomic E-state index is 10.0. The molecular formula is C60H43N3O2. The molecule has 2 aliphatic heterocycles. The van der Waals surface area contributed by atoms with Gasteiger partial charge in [-0.25, -0.2) is 9.98 Å². The molecule has 0 amide bonds. The van der Waals surface area contributed by atoms with Gasteiger partial charge in [-0.1, -0.05) is 206 Å². The lowest BCUT2D eigenvalue weighted by Gasteiger charge is -2.42. The Labute approximate surface area is 379 Å². The molecule has 0 spiro atoms. The number of hydrogen-bond donors (Lipinski definition) is 1. The smallest absolute Gasteiger partial charge is 0.165 e. The number of nitrogens with one attached hydrogen (secondary N) is 1. The van der Waals surface area contributed by atoms with E-state index in [2.05, 4.69) is 159 Å². The fraction of sp³-hybridized carbons (Fsp3) is 0.0500. The molecule has 65 heavy (non-hydrogen) atoms. The molecule has 2 aliphatic rings. The molecule has 0 saturated carbocycles. The van der Waals surface area contributed by atoms with E-state index in [1.165, 1.54) is 0 Å². The molecule has 0 aliphatic carbocycles. The van der Waals surface area contributed by atoms with Crippen molar-refractivity contribution in [1.29, 1.82) is 5.41 Å². The van der Waals surface area contributed by atoms with Gasteiger partial charge in [-0.15, -0.1) is 0 Å². The summed E-state index contributed by atoms with van der Waals surface area (Å²) < 4.78 is 14.0. The van der Waals surface area contributed by atoms with E-state index >= 15 is 0 Å². The average molecular weight is 838 g/mol. The minimum Gasteiger partial charge on any atom is -0.456 e. The van der Waals surface area contributed by atoms with Gasteiger partial charge in [0.1, 0.15) is 23.0 Å². The van der Waals surface area contributed by atoms with Gasteiger partial charge in [0.05, 0.1) is 22.0 Å². The van der Waals surface area contributed by atoms with Crippen LogP contribution in [0.15, 0.2) is 241 Å². The number of para-hydroxylation sites is 4. The van der Waals surface area contributed by atoms with Crippen LogP contribution in [0, 0.1) is 12.3 Å². The lowest BCUT2D eigenvalue weighted by atomic mass is 9.63. The number of ether oxygens (including phenoxy) is 2. The van der Waals surface area contributed by atoms with Crippen LogP contribution in [0.4, 0.5) is 0 Å². The standard InChI is InChI=1S/C60H43N3O2/c1-41-22-14-15-23-42(41)40-62-58(48-33-21-37-52-56(48)65-54-39-19-17-35-50(54)60(52,45-28-10-4-11-29-45)46-30-12-5-13-31-46)63-57(61)47-32-20-36-51-55(47)64-53-38-18-16-34-49(53)59(51,43-24-6-2-7-25-43)44-26-8-3-9-27-44/h2-40,61H,1H3. The maximum absolute atomic E-state index is 10.0. The van der Waals surface area contributed by atoms with Crippen molar-refractivity contribution in [3.8, 4) is 23.0 Å². The molecule has 0 atom stereocenters. The van der Waals surface area contributed by atoms with Gasteiger partial charge >= 0.3 is 0 Å². The third-order valence-corrected chi connectivity index (χ3v) is 12.9. The highest BCUT2D eigenvalue weighted by Gasteiger charge is 2.48. The minimum absolute atomic E-state index is 0.000572. The molecule has 11 rings (SSSR count). The van der Waals surface area contributed by atoms with Gasteiger partial charge < -0.3 is 9.47 Å². The lowest BCUT2D eigenvalue weighted by Crippen LogP contribution is -2.34. The van der Waals surface area contributed by atoms with Crippen molar-refractivity contribution in [3.05, 3.63) is 297 Å². The molecule has 0 unspecified atom stereocenters. The number of amidine groups is 2. The summed E-state index contributed by atoms with van der Waals surface area (Å²) in [5, 5.41) is 10.0. The Kier molecular flexibility index (Phi) is 9.93. The van der Waals surface area contributed by atoms with Gasteiger partial charge in [0.2, 0.25) is 0 Å². The Bertz CT molecular complexity index is 3210. The number of hydrogen-bond acceptors (Lipinski definition) is 3. The zero-order valence-electron chi connectivity index (χ0n) is 35.7. The Balaban J connectivity index is 1.15. The van der Waals surface area contributed by atoms with Crippen LogP contribution in [0.5, 0.6) is 23.0 Å². The quantitative estimate of drug-likeness (QED) is 0.128. The second kappa shape index (κ2) is 16.4. The Morgan fingerprint density at radius 1 is 0.415 bits per heavy atom. The summed E-state index contributed by atoms with van der Waals surface area (Å²) >= 11 is 0. The third kappa shape index (κ3) is 6.43. The molecule has 9 aromatic rings. The summed E-state index contributed by atoms with van der Waals surface area (Å²) in [5.41, 5.74) is 10.0. The number of nitrogens with zero attached hydrogens (tertiary/aromatic N) is 2. The average Bonchev–Trinajstić information content (AvgIpc) is 3.37. The molecule has 0 aromatic heterocycles. The van der Waals surface area contributed by atoms with Gasteiger partial charge in [-0.05, 0) is 64.6 Å². The van der Waals surface area contributed by atoms with E-state index in [4.69, 9.17) is 19.5 Å². The van der Waals surface area contributed by atoms with E-state index in [9.17, 15) is 5.41 Å². The van der Waals surface area contributed by atoms with Crippen LogP contribution in [0.2, 0.25) is 0 Å². The Hall–Kier alpha value is -8.41. The lowest BCUT2D eigenvalue weighted by molar-refractivity contribution is 0.433. The molecule has 310 valence electrons. The van der Waals surface area contributed by atoms with Crippen molar-refractivity contribution >= 4 is 17.9 Å². The van der Waals surface area contributed by atoms with Crippen molar-refractivity contribution in [2.24, 2.45) is 9.98 Å². The zero-order valence-corrected chi connectivity index (χ0v) is 35.7. The summed E-state index contributed by atoms with van der Waals surface area (Å²) in [7, 11) is 0. The highest BCUT2D eigenvalue weighted by molar-refractivity contribution is 6.15. The Morgan fingerprint density at radius 3 is 1.28 bits per heavy atom. The molecule has 1 N–H and O–H groups in total. The van der Waals surface area contributed by atoms with Crippen LogP contribution in [-0.4, -0.2) is 17.9 Å². The van der Waals surface area contributed by atoms with Crippen LogP contribution < -0.4 is 9.47 Å². The molecule has 0 bridgehead atoms. The second-order valence-electron chi connectivity index (χ2n) is 16.4. The summed E-state index contributed by atoms with van der Waals surface area (Å²) in [4.78, 5) is 10.4. The highest BCUT2D eigenvalue weighted by Crippen LogP contribution is 2.58. The van der Waals surface area contributed by atoms with Crippen LogP contribution in [0.1, 0.15) is 66.8 Å². The van der Waals surface area contributed by atoms with E-state index < -0.39 is 10.8 Å². The first-order valence-corrected chi connectivity index (χ1v) is 21.9. The van der Waals surface area contributed by atoms with Crippen LogP contribution in [0.3, 0.4) is 0 Å². The van der Waals surface area contributed by atoms with Gasteiger partial charge in [-0.2, -0.15) is 0 Å². The molecule has 2 heterocycles. The first kappa shape index (κ1) is 39.4. The summed E-state index contributed by atoms with van der Waals surface area (Å²) in [6, 6.07) is 79.2. The van der Waals surface area contributed by atoms with Gasteiger partial charge in [0.25, 0.3) is 0 Å². The summed E-state index contributed by atoms with van der Waals surface area (Å²) in [6.45, 7) is 2.07. The van der Waals surface area contributed by atoms with Crippen LogP contribution >= 0.6 is 0 Å². The predicted molar refractivity (Wildman–Crippen MR) is 262 cm³/mol. The topological polar surface area (TPSA) is 67.0 Å². The van der Waals surface area contributed by atoms with Crippen LogP contribution in [-0.2, 0) is 10.8 Å². The fourth-order valence-electron chi connectivity index (χ4n) is 10.0. The summed E-state index contributed by atoms with van der Waals surface area (Å²) in [6.07, 6.45) is 1.84. The fourth-order valence-corrected chi connectivity index (χ4v) is 10.0. The Morgan fingerprint density at radius 2 is 0.800 bits per heavy atom. The van der Waals surface area contributed by atoms with E-state index in [1.807, 2.05) is 85.1 Å². The van der Waals surface area contributed by atoms with E-state index in [1.54, 1.807) is 0 Å². The van der Waals surface area contributed by atoms with Crippen molar-refractivity contribution in [3.63, 3.8) is 0 Å². The minimum atomic E-state index is -0.754. The van der Waals surface area contributed by atoms with Gasteiger partial charge in [0, 0.05) is 28.5 Å². The SMILES string of the molecule is Cc1ccccc1C=NC(=NC(=N)c1cccc2c1Oc1ccccc1C2(c1ccccc1)c1ccccc1)c1cccc2c1Oc1ccccc1C2(c1ccccc1)c1ccccc1. The van der Waals surface area contributed by atoms with E-state index in [-0.39, 0.29) is 5.84 Å². The molecule has 0 fully saturated rings. The van der Waals surface area contributed by atoms with Crippen molar-refractivity contribution in [2.45, 2.75) is 17.8 Å². The maximum Gasteiger partial charge on any atom is 0.165 e. The first-order valence-electron chi connectivity index (χ1n) is 21.9. The van der Waals surface area contributed by atoms with Crippen molar-refractivity contribution in [2.75, 3.05) is 0 Å². The van der Waals surface area contributed by atoms with Crippen molar-refractivity contribution in [1.82, 2.24) is 0 Å². The van der Waals surface area contributed by atoms with Gasteiger partial charge in [0.15, 0.2) is 11.7 Å². The first-order chi connectivity index (χ1) is 32.1. The number of aryl methyl sites for hydroxylation is 1. The molecule has 9 aromatic carbocycles. The van der Waals surface area contributed by atoms with E-state index in [0.29, 0.717) is 28.5 Å². The molecule has 5 heteroatoms.